The molecule has 0 amide bonds. The van der Waals surface area contributed by atoms with Crippen LogP contribution in [-0.2, 0) is 19.0 Å². The van der Waals surface area contributed by atoms with Gasteiger partial charge in [-0.1, -0.05) is 13.5 Å². The van der Waals surface area contributed by atoms with Gasteiger partial charge in [0, 0.05) is 11.0 Å². The highest BCUT2D eigenvalue weighted by Crippen LogP contribution is 2.65. The van der Waals surface area contributed by atoms with Crippen LogP contribution in [0.1, 0.15) is 26.7 Å². The fourth-order valence-electron chi connectivity index (χ4n) is 4.31. The van der Waals surface area contributed by atoms with E-state index < -0.39 is 0 Å². The first-order valence-electron chi connectivity index (χ1n) is 6.67. The third kappa shape index (κ3) is 1.25. The summed E-state index contributed by atoms with van der Waals surface area (Å²) in [6.07, 6.45) is 2.35. The average molecular weight is 250 g/mol. The number of hydrogen-bond acceptors (Lipinski definition) is 4. The van der Waals surface area contributed by atoms with Crippen molar-refractivity contribution < 1.29 is 19.0 Å². The Balaban J connectivity index is 1.61. The molecule has 2 saturated carbocycles. The first-order chi connectivity index (χ1) is 8.49. The van der Waals surface area contributed by atoms with E-state index in [0.29, 0.717) is 23.5 Å². The van der Waals surface area contributed by atoms with Crippen LogP contribution in [0, 0.1) is 17.3 Å². The van der Waals surface area contributed by atoms with Crippen molar-refractivity contribution in [1.82, 2.24) is 0 Å². The fourth-order valence-corrected chi connectivity index (χ4v) is 4.31. The number of carbonyl (C=O) groups excluding carboxylic acids is 1. The van der Waals surface area contributed by atoms with Crippen molar-refractivity contribution in [2.75, 3.05) is 0 Å². The van der Waals surface area contributed by atoms with E-state index in [4.69, 9.17) is 14.2 Å². The normalized spacial score (nSPS) is 55.0. The molecule has 4 aliphatic rings. The first-order valence-corrected chi connectivity index (χ1v) is 6.67. The molecule has 7 unspecified atom stereocenters. The van der Waals surface area contributed by atoms with Crippen LogP contribution < -0.4 is 0 Å². The molecule has 18 heavy (non-hydrogen) atoms. The van der Waals surface area contributed by atoms with Crippen molar-refractivity contribution in [2.45, 2.75) is 51.3 Å². The molecular weight excluding hydrogens is 232 g/mol. The maximum atomic E-state index is 11.8. The molecule has 4 nitrogen and oxygen atoms in total. The van der Waals surface area contributed by atoms with Gasteiger partial charge in [0.25, 0.3) is 0 Å². The largest absolute Gasteiger partial charge is 0.456 e. The summed E-state index contributed by atoms with van der Waals surface area (Å²) in [5.74, 6) is 0.813. The summed E-state index contributed by atoms with van der Waals surface area (Å²) in [7, 11) is 0. The Hall–Kier alpha value is -0.870. The SMILES string of the molecule is C=C(C)C(=O)OC1C2OC3OC3C3CC1(C)CC32. The summed E-state index contributed by atoms with van der Waals surface area (Å²) in [4.78, 5) is 11.8. The second-order valence-corrected chi connectivity index (χ2v) is 6.57. The predicted molar refractivity (Wildman–Crippen MR) is 62.5 cm³/mol. The maximum Gasteiger partial charge on any atom is 0.333 e. The summed E-state index contributed by atoms with van der Waals surface area (Å²) < 4.78 is 17.1. The van der Waals surface area contributed by atoms with E-state index in [1.165, 1.54) is 0 Å². The van der Waals surface area contributed by atoms with Crippen LogP contribution in [0.25, 0.3) is 0 Å². The standard InChI is InChI=1S/C14H18O4/c1-6(2)12(15)18-11-9-7-4-14(11,3)5-8(7)10-13(16-9)17-10/h7-11,13H,1,4-5H2,2-3H3. The average Bonchev–Trinajstić information content (AvgIpc) is 2.91. The minimum absolute atomic E-state index is 0.0285. The number of hydrogen-bond donors (Lipinski definition) is 0. The topological polar surface area (TPSA) is 48.1 Å². The molecule has 4 rings (SSSR count). The van der Waals surface area contributed by atoms with Crippen LogP contribution in [0.15, 0.2) is 12.2 Å². The van der Waals surface area contributed by atoms with Gasteiger partial charge in [-0.3, -0.25) is 0 Å². The Morgan fingerprint density at radius 1 is 1.28 bits per heavy atom. The Kier molecular flexibility index (Phi) is 1.94. The molecule has 0 aromatic carbocycles. The van der Waals surface area contributed by atoms with Crippen LogP contribution in [0.3, 0.4) is 0 Å². The number of ether oxygens (including phenoxy) is 3. The van der Waals surface area contributed by atoms with E-state index in [2.05, 4.69) is 13.5 Å². The number of carbonyl (C=O) groups is 1. The molecule has 2 saturated heterocycles. The molecule has 2 aliphatic carbocycles. The molecule has 0 aromatic heterocycles. The monoisotopic (exact) mass is 250 g/mol. The molecule has 4 heteroatoms. The summed E-state index contributed by atoms with van der Waals surface area (Å²) >= 11 is 0. The second-order valence-electron chi connectivity index (χ2n) is 6.57. The first kappa shape index (κ1) is 11.0. The molecular formula is C14H18O4. The van der Waals surface area contributed by atoms with Crippen LogP contribution in [0.2, 0.25) is 0 Å². The third-order valence-corrected chi connectivity index (χ3v) is 5.14. The zero-order valence-corrected chi connectivity index (χ0v) is 10.7. The Bertz CT molecular complexity index is 445. The van der Waals surface area contributed by atoms with Crippen molar-refractivity contribution in [3.05, 3.63) is 12.2 Å². The van der Waals surface area contributed by atoms with Gasteiger partial charge >= 0.3 is 5.97 Å². The van der Waals surface area contributed by atoms with Crippen molar-refractivity contribution in [3.63, 3.8) is 0 Å². The van der Waals surface area contributed by atoms with Gasteiger partial charge < -0.3 is 14.2 Å². The zero-order valence-electron chi connectivity index (χ0n) is 10.7. The lowest BCUT2D eigenvalue weighted by Crippen LogP contribution is -2.50. The predicted octanol–water partition coefficient (Wildman–Crippen LogP) is 1.64. The van der Waals surface area contributed by atoms with Crippen LogP contribution >= 0.6 is 0 Å². The zero-order chi connectivity index (χ0) is 12.7. The molecule has 2 bridgehead atoms. The summed E-state index contributed by atoms with van der Waals surface area (Å²) in [6, 6.07) is 0. The minimum atomic E-state index is -0.298. The maximum absolute atomic E-state index is 11.8. The fraction of sp³-hybridized carbons (Fsp3) is 0.786. The van der Waals surface area contributed by atoms with E-state index in [0.717, 1.165) is 12.8 Å². The highest BCUT2D eigenvalue weighted by molar-refractivity contribution is 5.87. The molecule has 2 heterocycles. The highest BCUT2D eigenvalue weighted by atomic mass is 16.8. The van der Waals surface area contributed by atoms with Gasteiger partial charge in [0.2, 0.25) is 0 Å². The Labute approximate surface area is 106 Å². The van der Waals surface area contributed by atoms with Crippen molar-refractivity contribution in [1.29, 1.82) is 0 Å². The molecule has 4 fully saturated rings. The van der Waals surface area contributed by atoms with Gasteiger partial charge in [-0.15, -0.1) is 0 Å². The molecule has 7 atom stereocenters. The lowest BCUT2D eigenvalue weighted by Gasteiger charge is -2.41. The second kappa shape index (κ2) is 3.17. The minimum Gasteiger partial charge on any atom is -0.456 e. The van der Waals surface area contributed by atoms with Crippen LogP contribution in [-0.4, -0.2) is 30.6 Å². The van der Waals surface area contributed by atoms with E-state index in [1.807, 2.05) is 0 Å². The lowest BCUT2D eigenvalue weighted by molar-refractivity contribution is -0.176. The van der Waals surface area contributed by atoms with Crippen LogP contribution in [0.4, 0.5) is 0 Å². The highest BCUT2D eigenvalue weighted by Gasteiger charge is 2.71. The van der Waals surface area contributed by atoms with E-state index >= 15 is 0 Å². The molecule has 0 N–H and O–H groups in total. The van der Waals surface area contributed by atoms with Crippen molar-refractivity contribution in [2.24, 2.45) is 17.3 Å². The molecule has 0 radical (unpaired) electrons. The van der Waals surface area contributed by atoms with Gasteiger partial charge in [-0.05, 0) is 31.6 Å². The van der Waals surface area contributed by atoms with Gasteiger partial charge in [-0.2, -0.15) is 0 Å². The number of rotatable bonds is 2. The van der Waals surface area contributed by atoms with Crippen molar-refractivity contribution in [3.8, 4) is 0 Å². The summed E-state index contributed by atoms with van der Waals surface area (Å²) in [6.45, 7) is 7.54. The van der Waals surface area contributed by atoms with E-state index in [1.54, 1.807) is 6.92 Å². The van der Waals surface area contributed by atoms with Gasteiger partial charge in [0.1, 0.15) is 18.3 Å². The molecule has 2 aliphatic heterocycles. The number of epoxide rings is 1. The van der Waals surface area contributed by atoms with Crippen LogP contribution in [0.5, 0.6) is 0 Å². The molecule has 0 aromatic rings. The molecule has 0 spiro atoms. The Morgan fingerprint density at radius 2 is 1.89 bits per heavy atom. The van der Waals surface area contributed by atoms with Gasteiger partial charge in [-0.25, -0.2) is 4.79 Å². The summed E-state index contributed by atoms with van der Waals surface area (Å²) in [5.41, 5.74) is 0.511. The number of esters is 1. The quantitative estimate of drug-likeness (QED) is 0.425. The third-order valence-electron chi connectivity index (χ3n) is 5.14. The number of fused-ring (bicyclic) bond motifs is 3. The summed E-state index contributed by atoms with van der Waals surface area (Å²) in [5, 5.41) is 0. The van der Waals surface area contributed by atoms with E-state index in [9.17, 15) is 4.79 Å². The molecule has 98 valence electrons. The lowest BCUT2D eigenvalue weighted by atomic mass is 9.75. The van der Waals surface area contributed by atoms with E-state index in [-0.39, 0.29) is 29.9 Å². The smallest absolute Gasteiger partial charge is 0.333 e. The Morgan fingerprint density at radius 3 is 2.56 bits per heavy atom. The van der Waals surface area contributed by atoms with Gasteiger partial charge in [0.05, 0.1) is 0 Å². The van der Waals surface area contributed by atoms with Crippen molar-refractivity contribution >= 4 is 5.97 Å². The van der Waals surface area contributed by atoms with Gasteiger partial charge in [0.15, 0.2) is 6.29 Å².